The zero-order valence-corrected chi connectivity index (χ0v) is 17.8. The van der Waals surface area contributed by atoms with Crippen LogP contribution in [-0.2, 0) is 0 Å². The summed E-state index contributed by atoms with van der Waals surface area (Å²) in [5.74, 6) is 1.88. The fraction of sp³-hybridized carbons (Fsp3) is 0.115. The maximum Gasteiger partial charge on any atom is 0.162 e. The maximum atomic E-state index is 10.2. The van der Waals surface area contributed by atoms with E-state index < -0.39 is 0 Å². The first-order chi connectivity index (χ1) is 15.7. The van der Waals surface area contributed by atoms with Crippen molar-refractivity contribution in [1.82, 2.24) is 9.97 Å². The van der Waals surface area contributed by atoms with Gasteiger partial charge in [-0.05, 0) is 18.6 Å². The van der Waals surface area contributed by atoms with Gasteiger partial charge in [0.2, 0.25) is 0 Å². The first kappa shape index (κ1) is 21.1. The number of aromatic nitrogens is 2. The quantitative estimate of drug-likeness (QED) is 0.278. The number of aromatic hydroxyl groups is 1. The third-order valence-corrected chi connectivity index (χ3v) is 4.69. The normalized spacial score (nSPS) is 10.9. The summed E-state index contributed by atoms with van der Waals surface area (Å²) in [4.78, 5) is 9.34. The van der Waals surface area contributed by atoms with Crippen LogP contribution in [0.2, 0.25) is 0 Å². The van der Waals surface area contributed by atoms with Gasteiger partial charge in [0.1, 0.15) is 11.5 Å². The molecule has 1 heterocycles. The van der Waals surface area contributed by atoms with Gasteiger partial charge in [-0.2, -0.15) is 5.10 Å². The van der Waals surface area contributed by atoms with E-state index in [2.05, 4.69) is 15.5 Å². The number of phenolic OH excluding ortho intramolecular Hbond substituents is 1. The third-order valence-electron chi connectivity index (χ3n) is 4.69. The highest BCUT2D eigenvalue weighted by Crippen LogP contribution is 2.25. The molecule has 6 heteroatoms. The summed E-state index contributed by atoms with van der Waals surface area (Å²) in [6.07, 6.45) is 2.45. The van der Waals surface area contributed by atoms with Crippen LogP contribution in [0.15, 0.2) is 90.0 Å². The van der Waals surface area contributed by atoms with Gasteiger partial charge in [-0.15, -0.1) is 0 Å². The Morgan fingerprint density at radius 3 is 2.31 bits per heavy atom. The van der Waals surface area contributed by atoms with E-state index in [-0.39, 0.29) is 5.75 Å². The first-order valence-corrected chi connectivity index (χ1v) is 10.5. The lowest BCUT2D eigenvalue weighted by molar-refractivity contribution is 0.315. The summed E-state index contributed by atoms with van der Waals surface area (Å²) < 4.78 is 5.54. The van der Waals surface area contributed by atoms with Crippen molar-refractivity contribution in [2.24, 2.45) is 5.10 Å². The summed E-state index contributed by atoms with van der Waals surface area (Å²) in [5, 5.41) is 14.5. The topological polar surface area (TPSA) is 79.6 Å². The Morgan fingerprint density at radius 1 is 0.906 bits per heavy atom. The largest absolute Gasteiger partial charge is 0.507 e. The number of nitrogens with one attached hydrogen (secondary N) is 1. The fourth-order valence-electron chi connectivity index (χ4n) is 3.09. The molecular formula is C26H24N4O2. The minimum Gasteiger partial charge on any atom is -0.507 e. The molecule has 1 aromatic heterocycles. The number of ether oxygens (including phenoxy) is 1. The minimum atomic E-state index is 0.0989. The maximum absolute atomic E-state index is 10.2. The molecule has 4 rings (SSSR count). The lowest BCUT2D eigenvalue weighted by Gasteiger charge is -2.09. The molecule has 3 aromatic carbocycles. The molecule has 2 N–H and O–H groups in total. The average Bonchev–Trinajstić information content (AvgIpc) is 2.85. The number of phenols is 1. The van der Waals surface area contributed by atoms with Gasteiger partial charge in [-0.3, -0.25) is 5.43 Å². The standard InChI is InChI=1S/C26H24N4O2/c1-2-15-32-22-14-13-21(24(31)16-22)18-27-30-25-17-23(19-9-5-3-6-10-19)28-26(29-25)20-11-7-4-8-12-20/h3-14,16-18,31H,2,15H2,1H3,(H,28,29,30)/b27-18+. The molecule has 4 aromatic rings. The number of benzene rings is 3. The van der Waals surface area contributed by atoms with E-state index in [1.165, 1.54) is 0 Å². The predicted octanol–water partition coefficient (Wildman–Crippen LogP) is 5.75. The molecule has 0 amide bonds. The van der Waals surface area contributed by atoms with E-state index in [1.54, 1.807) is 18.3 Å². The van der Waals surface area contributed by atoms with Gasteiger partial charge in [0.15, 0.2) is 11.6 Å². The summed E-state index contributed by atoms with van der Waals surface area (Å²) in [6, 6.07) is 26.7. The van der Waals surface area contributed by atoms with E-state index in [4.69, 9.17) is 9.72 Å². The number of rotatable bonds is 8. The molecule has 0 spiro atoms. The summed E-state index contributed by atoms with van der Waals surface area (Å²) in [5.41, 5.74) is 6.23. The van der Waals surface area contributed by atoms with E-state index in [0.717, 1.165) is 23.2 Å². The van der Waals surface area contributed by atoms with E-state index in [9.17, 15) is 5.11 Å². The Kier molecular flexibility index (Phi) is 6.72. The van der Waals surface area contributed by atoms with Crippen molar-refractivity contribution in [3.8, 4) is 34.1 Å². The molecule has 0 aliphatic heterocycles. The van der Waals surface area contributed by atoms with Crippen LogP contribution in [0, 0.1) is 0 Å². The second-order valence-corrected chi connectivity index (χ2v) is 7.13. The van der Waals surface area contributed by atoms with Gasteiger partial charge < -0.3 is 9.84 Å². The molecule has 0 aliphatic carbocycles. The van der Waals surface area contributed by atoms with Crippen LogP contribution in [-0.4, -0.2) is 27.9 Å². The lowest BCUT2D eigenvalue weighted by atomic mass is 10.1. The molecule has 160 valence electrons. The first-order valence-electron chi connectivity index (χ1n) is 10.5. The van der Waals surface area contributed by atoms with Crippen molar-refractivity contribution in [2.45, 2.75) is 13.3 Å². The van der Waals surface area contributed by atoms with Gasteiger partial charge in [0, 0.05) is 28.8 Å². The van der Waals surface area contributed by atoms with Gasteiger partial charge >= 0.3 is 0 Å². The Bertz CT molecular complexity index is 1140. The van der Waals surface area contributed by atoms with Crippen LogP contribution in [0.1, 0.15) is 18.9 Å². The smallest absolute Gasteiger partial charge is 0.162 e. The van der Waals surface area contributed by atoms with Crippen molar-refractivity contribution >= 4 is 12.0 Å². The van der Waals surface area contributed by atoms with E-state index in [0.29, 0.717) is 29.6 Å². The van der Waals surface area contributed by atoms with Gasteiger partial charge in [-0.25, -0.2) is 9.97 Å². The molecule has 6 nitrogen and oxygen atoms in total. The third kappa shape index (κ3) is 5.29. The number of hydrogen-bond acceptors (Lipinski definition) is 6. The molecule has 0 atom stereocenters. The van der Waals surface area contributed by atoms with Crippen molar-refractivity contribution in [3.05, 3.63) is 90.5 Å². The number of nitrogens with zero attached hydrogens (tertiary/aromatic N) is 3. The zero-order chi connectivity index (χ0) is 22.2. The molecule has 0 fully saturated rings. The predicted molar refractivity (Wildman–Crippen MR) is 128 cm³/mol. The van der Waals surface area contributed by atoms with Crippen LogP contribution in [0.4, 0.5) is 5.82 Å². The fourth-order valence-corrected chi connectivity index (χ4v) is 3.09. The number of hydrogen-bond donors (Lipinski definition) is 2. The monoisotopic (exact) mass is 424 g/mol. The molecule has 0 radical (unpaired) electrons. The van der Waals surface area contributed by atoms with Crippen LogP contribution in [0.3, 0.4) is 0 Å². The molecule has 0 saturated carbocycles. The van der Waals surface area contributed by atoms with Gasteiger partial charge in [0.05, 0.1) is 18.5 Å². The van der Waals surface area contributed by atoms with Crippen LogP contribution < -0.4 is 10.2 Å². The lowest BCUT2D eigenvalue weighted by Crippen LogP contribution is -1.99. The average molecular weight is 425 g/mol. The van der Waals surface area contributed by atoms with Crippen molar-refractivity contribution in [2.75, 3.05) is 12.0 Å². The van der Waals surface area contributed by atoms with Crippen LogP contribution in [0.5, 0.6) is 11.5 Å². The van der Waals surface area contributed by atoms with E-state index in [1.807, 2.05) is 79.7 Å². The van der Waals surface area contributed by atoms with Crippen LogP contribution >= 0.6 is 0 Å². The summed E-state index contributed by atoms with van der Waals surface area (Å²) >= 11 is 0. The summed E-state index contributed by atoms with van der Waals surface area (Å²) in [7, 11) is 0. The van der Waals surface area contributed by atoms with Crippen LogP contribution in [0.25, 0.3) is 22.6 Å². The van der Waals surface area contributed by atoms with Crippen molar-refractivity contribution < 1.29 is 9.84 Å². The molecule has 0 unspecified atom stereocenters. The van der Waals surface area contributed by atoms with Gasteiger partial charge in [0.25, 0.3) is 0 Å². The Morgan fingerprint density at radius 2 is 1.62 bits per heavy atom. The molecule has 32 heavy (non-hydrogen) atoms. The van der Waals surface area contributed by atoms with E-state index >= 15 is 0 Å². The second kappa shape index (κ2) is 10.2. The van der Waals surface area contributed by atoms with Crippen molar-refractivity contribution in [1.29, 1.82) is 0 Å². The highest BCUT2D eigenvalue weighted by Gasteiger charge is 2.08. The Balaban J connectivity index is 1.59. The highest BCUT2D eigenvalue weighted by molar-refractivity contribution is 5.84. The molecule has 0 saturated heterocycles. The molecule has 0 aliphatic rings. The highest BCUT2D eigenvalue weighted by atomic mass is 16.5. The Hall–Kier alpha value is -4.19. The zero-order valence-electron chi connectivity index (χ0n) is 17.8. The molecule has 0 bridgehead atoms. The second-order valence-electron chi connectivity index (χ2n) is 7.13. The van der Waals surface area contributed by atoms with Crippen molar-refractivity contribution in [3.63, 3.8) is 0 Å². The SMILES string of the molecule is CCCOc1ccc(/C=N/Nc2cc(-c3ccccc3)nc(-c3ccccc3)n2)c(O)c1. The molecular weight excluding hydrogens is 400 g/mol. The summed E-state index contributed by atoms with van der Waals surface area (Å²) in [6.45, 7) is 2.64. The van der Waals surface area contributed by atoms with Gasteiger partial charge in [-0.1, -0.05) is 67.6 Å². The Labute approximate surface area is 187 Å². The minimum absolute atomic E-state index is 0.0989. The number of anilines is 1. The number of hydrazone groups is 1.